The van der Waals surface area contributed by atoms with Crippen LogP contribution in [0.1, 0.15) is 42.4 Å². The van der Waals surface area contributed by atoms with Crippen molar-refractivity contribution < 1.29 is 19.2 Å². The normalized spacial score (nSPS) is 14.7. The Hall–Kier alpha value is -3.81. The van der Waals surface area contributed by atoms with Gasteiger partial charge in [0.05, 0.1) is 6.61 Å². The number of benzene rings is 3. The topological polar surface area (TPSA) is 88.7 Å². The summed E-state index contributed by atoms with van der Waals surface area (Å²) in [7, 11) is 3.59. The van der Waals surface area contributed by atoms with Crippen LogP contribution in [0.15, 0.2) is 71.3 Å². The smallest absolute Gasteiger partial charge is 0.324 e. The molecule has 1 aromatic heterocycles. The first-order chi connectivity index (χ1) is 18.4. The maximum atomic E-state index is 12.0. The highest BCUT2D eigenvalue weighted by Gasteiger charge is 2.44. The van der Waals surface area contributed by atoms with Gasteiger partial charge in [0.2, 0.25) is 5.82 Å². The predicted octanol–water partition coefficient (Wildman–Crippen LogP) is 6.35. The molecular weight excluding hydrogens is 478 g/mol. The fraction of sp³-hybridized carbons (Fsp3) is 0.323. The number of ether oxygens (including phenoxy) is 1. The molecule has 0 aliphatic heterocycles. The Bertz CT molecular complexity index is 1420. The molecule has 7 heteroatoms. The van der Waals surface area contributed by atoms with Crippen molar-refractivity contribution in [1.29, 1.82) is 0 Å². The number of likely N-dealkylation sites (N-methyl/N-ethyl adjacent to an activating group) is 1. The second-order valence-corrected chi connectivity index (χ2v) is 10.1. The molecule has 1 fully saturated rings. The van der Waals surface area contributed by atoms with Crippen molar-refractivity contribution in [3.8, 4) is 34.0 Å². The van der Waals surface area contributed by atoms with Crippen LogP contribution in [-0.4, -0.2) is 45.8 Å². The predicted molar refractivity (Wildman–Crippen MR) is 146 cm³/mol. The van der Waals surface area contributed by atoms with Gasteiger partial charge in [0.15, 0.2) is 0 Å². The van der Waals surface area contributed by atoms with Gasteiger partial charge in [-0.05, 0) is 66.8 Å². The van der Waals surface area contributed by atoms with E-state index in [0.29, 0.717) is 37.7 Å². The molecule has 1 heterocycles. The molecule has 0 radical (unpaired) electrons. The quantitative estimate of drug-likeness (QED) is 0.280. The number of carboxylic acids is 1. The molecule has 1 aliphatic carbocycles. The van der Waals surface area contributed by atoms with Crippen LogP contribution >= 0.6 is 0 Å². The summed E-state index contributed by atoms with van der Waals surface area (Å²) in [6.45, 7) is 3.14. The second kappa shape index (κ2) is 10.9. The van der Waals surface area contributed by atoms with Gasteiger partial charge in [0, 0.05) is 24.8 Å². The van der Waals surface area contributed by atoms with Crippen LogP contribution in [0.2, 0.25) is 0 Å². The number of methoxy groups -OCH3 is 1. The lowest BCUT2D eigenvalue weighted by molar-refractivity contribution is -0.150. The third kappa shape index (κ3) is 4.99. The number of carboxylic acid groups (broad SMARTS) is 1. The highest BCUT2D eigenvalue weighted by Crippen LogP contribution is 2.36. The molecule has 1 N–H and O–H groups in total. The van der Waals surface area contributed by atoms with Crippen molar-refractivity contribution in [3.05, 3.63) is 83.4 Å². The van der Waals surface area contributed by atoms with E-state index in [1.165, 1.54) is 11.1 Å². The Morgan fingerprint density at radius 3 is 2.42 bits per heavy atom. The lowest BCUT2D eigenvalue weighted by Gasteiger charge is -2.34. The van der Waals surface area contributed by atoms with E-state index in [1.54, 1.807) is 7.11 Å². The summed E-state index contributed by atoms with van der Waals surface area (Å²) in [6.07, 6.45) is 3.30. The molecule has 38 heavy (non-hydrogen) atoms. The largest absolute Gasteiger partial charge is 0.480 e. The van der Waals surface area contributed by atoms with Gasteiger partial charge in [-0.25, -0.2) is 0 Å². The first-order valence-corrected chi connectivity index (χ1v) is 13.0. The summed E-state index contributed by atoms with van der Waals surface area (Å²) in [5.74, 6) is 0.227. The number of carbonyl (C=O) groups is 1. The lowest BCUT2D eigenvalue weighted by atomic mass is 9.94. The van der Waals surface area contributed by atoms with Crippen molar-refractivity contribution in [2.45, 2.75) is 51.3 Å². The molecule has 196 valence electrons. The number of aromatic nitrogens is 2. The molecule has 0 saturated heterocycles. The summed E-state index contributed by atoms with van der Waals surface area (Å²) in [5.41, 5.74) is 6.50. The zero-order valence-electron chi connectivity index (χ0n) is 22.1. The van der Waals surface area contributed by atoms with E-state index in [9.17, 15) is 9.90 Å². The first kappa shape index (κ1) is 25.8. The summed E-state index contributed by atoms with van der Waals surface area (Å²) in [5, 5.41) is 14.1. The van der Waals surface area contributed by atoms with Crippen LogP contribution < -0.4 is 0 Å². The van der Waals surface area contributed by atoms with Crippen LogP contribution in [0.4, 0.5) is 0 Å². The van der Waals surface area contributed by atoms with Crippen LogP contribution in [0.5, 0.6) is 0 Å². The molecule has 7 nitrogen and oxygen atoms in total. The van der Waals surface area contributed by atoms with Crippen LogP contribution in [0.25, 0.3) is 34.0 Å². The average molecular weight is 512 g/mol. The molecule has 0 spiro atoms. The van der Waals surface area contributed by atoms with Gasteiger partial charge in [-0.3, -0.25) is 9.69 Å². The molecule has 0 atom stereocenters. The van der Waals surface area contributed by atoms with Crippen LogP contribution in [0, 0.1) is 6.92 Å². The van der Waals surface area contributed by atoms with Gasteiger partial charge in [-0.15, -0.1) is 0 Å². The summed E-state index contributed by atoms with van der Waals surface area (Å²) >= 11 is 0. The Morgan fingerprint density at radius 1 is 1.03 bits per heavy atom. The number of aliphatic carboxylic acids is 1. The highest BCUT2D eigenvalue weighted by atomic mass is 16.5. The maximum absolute atomic E-state index is 12.0. The second-order valence-electron chi connectivity index (χ2n) is 10.1. The molecule has 4 aromatic rings. The minimum absolute atomic E-state index is 0.446. The molecule has 5 rings (SSSR count). The van der Waals surface area contributed by atoms with Gasteiger partial charge in [-0.1, -0.05) is 72.6 Å². The van der Waals surface area contributed by atoms with Gasteiger partial charge >= 0.3 is 5.97 Å². The molecule has 0 bridgehead atoms. The van der Waals surface area contributed by atoms with Crippen molar-refractivity contribution >= 4 is 5.97 Å². The average Bonchev–Trinajstić information content (AvgIpc) is 3.61. The maximum Gasteiger partial charge on any atom is 0.324 e. The third-order valence-electron chi connectivity index (χ3n) is 7.70. The number of aryl methyl sites for hydroxylation is 1. The lowest BCUT2D eigenvalue weighted by Crippen LogP contribution is -2.50. The Kier molecular flexibility index (Phi) is 7.40. The van der Waals surface area contributed by atoms with E-state index in [1.807, 2.05) is 60.5 Å². The molecule has 0 amide bonds. The zero-order valence-corrected chi connectivity index (χ0v) is 22.1. The SMILES string of the molecule is COCc1cc(-c2nc(-c3ccc(CN(C)C4(C(=O)O)CCCC4)cc3)no2)ccc1-c1ccccc1C. The van der Waals surface area contributed by atoms with Crippen LogP contribution in [-0.2, 0) is 22.7 Å². The Labute approximate surface area is 223 Å². The summed E-state index contributed by atoms with van der Waals surface area (Å²) < 4.78 is 11.1. The van der Waals surface area contributed by atoms with Crippen molar-refractivity contribution in [1.82, 2.24) is 15.0 Å². The van der Waals surface area contributed by atoms with E-state index in [0.717, 1.165) is 40.7 Å². The van der Waals surface area contributed by atoms with Gasteiger partial charge < -0.3 is 14.4 Å². The standard InChI is InChI=1S/C31H33N3O4/c1-21-8-4-5-9-26(21)27-15-14-24(18-25(27)20-37-3)29-32-28(33-38-29)23-12-10-22(11-13-23)19-34(2)31(30(35)36)16-6-7-17-31/h4-5,8-15,18H,6-7,16-17,19-20H2,1-3H3,(H,35,36). The summed E-state index contributed by atoms with van der Waals surface area (Å²) in [4.78, 5) is 18.6. The zero-order chi connectivity index (χ0) is 26.7. The van der Waals surface area contributed by atoms with E-state index in [4.69, 9.17) is 9.26 Å². The van der Waals surface area contributed by atoms with E-state index < -0.39 is 11.5 Å². The van der Waals surface area contributed by atoms with Gasteiger partial charge in [-0.2, -0.15) is 4.98 Å². The summed E-state index contributed by atoms with van der Waals surface area (Å²) in [6, 6.07) is 22.3. The van der Waals surface area contributed by atoms with Gasteiger partial charge in [0.25, 0.3) is 5.89 Å². The fourth-order valence-electron chi connectivity index (χ4n) is 5.50. The molecule has 1 aliphatic rings. The molecule has 3 aromatic carbocycles. The minimum Gasteiger partial charge on any atom is -0.480 e. The van der Waals surface area contributed by atoms with Crippen molar-refractivity contribution in [2.24, 2.45) is 0 Å². The molecule has 0 unspecified atom stereocenters. The molecular formula is C31H33N3O4. The Balaban J connectivity index is 1.35. The van der Waals surface area contributed by atoms with Gasteiger partial charge in [0.1, 0.15) is 5.54 Å². The Morgan fingerprint density at radius 2 is 1.74 bits per heavy atom. The van der Waals surface area contributed by atoms with Crippen molar-refractivity contribution in [2.75, 3.05) is 14.2 Å². The highest BCUT2D eigenvalue weighted by molar-refractivity contribution is 5.79. The van der Waals surface area contributed by atoms with E-state index in [2.05, 4.69) is 35.3 Å². The number of hydrogen-bond acceptors (Lipinski definition) is 6. The van der Waals surface area contributed by atoms with Crippen LogP contribution in [0.3, 0.4) is 0 Å². The monoisotopic (exact) mass is 511 g/mol. The van der Waals surface area contributed by atoms with E-state index in [-0.39, 0.29) is 0 Å². The first-order valence-electron chi connectivity index (χ1n) is 13.0. The van der Waals surface area contributed by atoms with Crippen molar-refractivity contribution in [3.63, 3.8) is 0 Å². The number of rotatable bonds is 9. The number of hydrogen-bond donors (Lipinski definition) is 1. The number of nitrogens with zero attached hydrogens (tertiary/aromatic N) is 3. The molecule has 1 saturated carbocycles. The van der Waals surface area contributed by atoms with E-state index >= 15 is 0 Å². The fourth-order valence-corrected chi connectivity index (χ4v) is 5.50. The third-order valence-corrected chi connectivity index (χ3v) is 7.70. The minimum atomic E-state index is -0.766.